The highest BCUT2D eigenvalue weighted by Crippen LogP contribution is 2.30. The van der Waals surface area contributed by atoms with Crippen molar-refractivity contribution in [2.75, 3.05) is 14.2 Å². The van der Waals surface area contributed by atoms with Crippen molar-refractivity contribution in [3.05, 3.63) is 35.5 Å². The van der Waals surface area contributed by atoms with Gasteiger partial charge in [0.15, 0.2) is 0 Å². The second-order valence-corrected chi connectivity index (χ2v) is 4.47. The van der Waals surface area contributed by atoms with Gasteiger partial charge in [0.2, 0.25) is 0 Å². The van der Waals surface area contributed by atoms with Gasteiger partial charge in [0.25, 0.3) is 0 Å². The molecule has 19 heavy (non-hydrogen) atoms. The molecule has 0 saturated heterocycles. The molecule has 0 bridgehead atoms. The van der Waals surface area contributed by atoms with Crippen LogP contribution in [0.15, 0.2) is 24.3 Å². The van der Waals surface area contributed by atoms with Crippen molar-refractivity contribution in [1.29, 1.82) is 0 Å². The molecule has 0 radical (unpaired) electrons. The first-order chi connectivity index (χ1) is 9.19. The van der Waals surface area contributed by atoms with E-state index in [0.717, 1.165) is 29.2 Å². The van der Waals surface area contributed by atoms with Crippen LogP contribution in [0, 0.1) is 6.92 Å². The Morgan fingerprint density at radius 1 is 1.21 bits per heavy atom. The number of hydrogen-bond acceptors (Lipinski definition) is 3. The van der Waals surface area contributed by atoms with Crippen LogP contribution in [0.3, 0.4) is 0 Å². The zero-order valence-corrected chi connectivity index (χ0v) is 11.9. The molecule has 1 heterocycles. The number of ether oxygens (including phenoxy) is 2. The van der Waals surface area contributed by atoms with Crippen LogP contribution in [-0.4, -0.2) is 24.0 Å². The van der Waals surface area contributed by atoms with Gasteiger partial charge in [-0.05, 0) is 37.6 Å². The fourth-order valence-corrected chi connectivity index (χ4v) is 2.13. The normalized spacial score (nSPS) is 10.7. The van der Waals surface area contributed by atoms with Gasteiger partial charge < -0.3 is 9.47 Å². The first-order valence-electron chi connectivity index (χ1n) is 6.40. The Hall–Kier alpha value is -1.81. The first kappa shape index (κ1) is 13.6. The van der Waals surface area contributed by atoms with Crippen molar-refractivity contribution in [1.82, 2.24) is 9.78 Å². The Kier molecular flexibility index (Phi) is 4.22. The molecule has 0 spiro atoms. The van der Waals surface area contributed by atoms with Gasteiger partial charge in [-0.15, -0.1) is 0 Å². The van der Waals surface area contributed by atoms with Crippen molar-refractivity contribution in [3.63, 3.8) is 0 Å². The van der Waals surface area contributed by atoms with Gasteiger partial charge in [-0.25, -0.2) is 0 Å². The Morgan fingerprint density at radius 3 is 2.63 bits per heavy atom. The Morgan fingerprint density at radius 2 is 2.00 bits per heavy atom. The predicted molar refractivity (Wildman–Crippen MR) is 75.3 cm³/mol. The predicted octanol–water partition coefficient (Wildman–Crippen LogP) is 3.03. The summed E-state index contributed by atoms with van der Waals surface area (Å²) in [5, 5.41) is 4.61. The zero-order valence-electron chi connectivity index (χ0n) is 11.9. The molecule has 0 unspecified atom stereocenters. The van der Waals surface area contributed by atoms with Crippen molar-refractivity contribution < 1.29 is 9.47 Å². The van der Waals surface area contributed by atoms with Crippen molar-refractivity contribution in [3.8, 4) is 17.0 Å². The molecule has 0 saturated carbocycles. The van der Waals surface area contributed by atoms with Gasteiger partial charge >= 0.3 is 0 Å². The average molecular weight is 260 g/mol. The molecule has 1 aromatic carbocycles. The van der Waals surface area contributed by atoms with Crippen molar-refractivity contribution in [2.45, 2.75) is 27.0 Å². The third-order valence-corrected chi connectivity index (χ3v) is 3.09. The topological polar surface area (TPSA) is 36.3 Å². The number of nitrogens with zero attached hydrogens (tertiary/aromatic N) is 2. The van der Waals surface area contributed by atoms with E-state index in [0.29, 0.717) is 6.61 Å². The van der Waals surface area contributed by atoms with Gasteiger partial charge in [-0.3, -0.25) is 4.68 Å². The highest BCUT2D eigenvalue weighted by molar-refractivity contribution is 5.68. The van der Waals surface area contributed by atoms with Gasteiger partial charge in [0.05, 0.1) is 25.1 Å². The number of aryl methyl sites for hydroxylation is 2. The zero-order chi connectivity index (χ0) is 13.8. The van der Waals surface area contributed by atoms with E-state index in [-0.39, 0.29) is 0 Å². The largest absolute Gasteiger partial charge is 0.496 e. The Balaban J connectivity index is 2.46. The molecule has 0 aliphatic rings. The van der Waals surface area contributed by atoms with E-state index in [9.17, 15) is 0 Å². The number of benzene rings is 1. The summed E-state index contributed by atoms with van der Waals surface area (Å²) in [6, 6.07) is 8.20. The third-order valence-electron chi connectivity index (χ3n) is 3.09. The Labute approximate surface area is 114 Å². The molecule has 0 fully saturated rings. The molecule has 4 nitrogen and oxygen atoms in total. The fraction of sp³-hybridized carbons (Fsp3) is 0.400. The maximum Gasteiger partial charge on any atom is 0.128 e. The average Bonchev–Trinajstić information content (AvgIpc) is 2.82. The molecule has 1 aromatic heterocycles. The maximum absolute atomic E-state index is 5.44. The summed E-state index contributed by atoms with van der Waals surface area (Å²) in [4.78, 5) is 0. The summed E-state index contributed by atoms with van der Waals surface area (Å²) in [6.45, 7) is 5.51. The second kappa shape index (κ2) is 5.89. The van der Waals surface area contributed by atoms with Gasteiger partial charge in [0, 0.05) is 19.2 Å². The molecule has 2 rings (SSSR count). The number of rotatable bonds is 5. The van der Waals surface area contributed by atoms with Gasteiger partial charge in [-0.1, -0.05) is 6.07 Å². The molecular weight excluding hydrogens is 240 g/mol. The summed E-state index contributed by atoms with van der Waals surface area (Å²) in [7, 11) is 3.38. The van der Waals surface area contributed by atoms with Crippen LogP contribution in [-0.2, 0) is 17.9 Å². The number of methoxy groups -OCH3 is 2. The number of aromatic nitrogens is 2. The standard InChI is InChI=1S/C15H20N2O2/c1-5-17-12(10-18-3)9-14(16-17)13-7-6-11(2)8-15(13)19-4/h6-9H,5,10H2,1-4H3. The molecule has 2 aromatic rings. The Bertz CT molecular complexity index is 561. The summed E-state index contributed by atoms with van der Waals surface area (Å²) >= 11 is 0. The monoisotopic (exact) mass is 260 g/mol. The smallest absolute Gasteiger partial charge is 0.128 e. The quantitative estimate of drug-likeness (QED) is 0.829. The highest BCUT2D eigenvalue weighted by atomic mass is 16.5. The van der Waals surface area contributed by atoms with E-state index < -0.39 is 0 Å². The van der Waals surface area contributed by atoms with E-state index >= 15 is 0 Å². The molecule has 102 valence electrons. The molecule has 0 atom stereocenters. The molecule has 4 heteroatoms. The lowest BCUT2D eigenvalue weighted by molar-refractivity contribution is 0.177. The van der Waals surface area contributed by atoms with Crippen LogP contribution in [0.1, 0.15) is 18.2 Å². The van der Waals surface area contributed by atoms with Crippen LogP contribution < -0.4 is 4.74 Å². The lowest BCUT2D eigenvalue weighted by Gasteiger charge is -2.07. The lowest BCUT2D eigenvalue weighted by atomic mass is 10.1. The van der Waals surface area contributed by atoms with Crippen LogP contribution in [0.25, 0.3) is 11.3 Å². The van der Waals surface area contributed by atoms with E-state index in [1.165, 1.54) is 5.56 Å². The minimum absolute atomic E-state index is 0.565. The molecule has 0 amide bonds. The highest BCUT2D eigenvalue weighted by Gasteiger charge is 2.12. The summed E-state index contributed by atoms with van der Waals surface area (Å²) < 4.78 is 12.6. The third kappa shape index (κ3) is 2.79. The SMILES string of the molecule is CCn1nc(-c2ccc(C)cc2OC)cc1COC. The second-order valence-electron chi connectivity index (χ2n) is 4.47. The van der Waals surface area contributed by atoms with Crippen LogP contribution in [0.2, 0.25) is 0 Å². The van der Waals surface area contributed by atoms with E-state index in [4.69, 9.17) is 9.47 Å². The number of hydrogen-bond donors (Lipinski definition) is 0. The maximum atomic E-state index is 5.44. The van der Waals surface area contributed by atoms with E-state index in [1.54, 1.807) is 14.2 Å². The summed E-state index contributed by atoms with van der Waals surface area (Å²) in [6.07, 6.45) is 0. The van der Waals surface area contributed by atoms with Gasteiger partial charge in [-0.2, -0.15) is 5.10 Å². The summed E-state index contributed by atoms with van der Waals surface area (Å²) in [5.74, 6) is 0.852. The van der Waals surface area contributed by atoms with E-state index in [1.807, 2.05) is 23.7 Å². The minimum atomic E-state index is 0.565. The van der Waals surface area contributed by atoms with Crippen molar-refractivity contribution in [2.24, 2.45) is 0 Å². The van der Waals surface area contributed by atoms with Crippen LogP contribution in [0.4, 0.5) is 0 Å². The van der Waals surface area contributed by atoms with Crippen LogP contribution >= 0.6 is 0 Å². The fourth-order valence-electron chi connectivity index (χ4n) is 2.13. The molecule has 0 aliphatic heterocycles. The molecular formula is C15H20N2O2. The van der Waals surface area contributed by atoms with Crippen LogP contribution in [0.5, 0.6) is 5.75 Å². The first-order valence-corrected chi connectivity index (χ1v) is 6.40. The van der Waals surface area contributed by atoms with Crippen molar-refractivity contribution >= 4 is 0 Å². The minimum Gasteiger partial charge on any atom is -0.496 e. The lowest BCUT2D eigenvalue weighted by Crippen LogP contribution is -2.03. The molecule has 0 N–H and O–H groups in total. The summed E-state index contributed by atoms with van der Waals surface area (Å²) in [5.41, 5.74) is 4.18. The van der Waals surface area contributed by atoms with E-state index in [2.05, 4.69) is 24.2 Å². The van der Waals surface area contributed by atoms with Gasteiger partial charge in [0.1, 0.15) is 5.75 Å². The molecule has 0 aliphatic carbocycles.